The summed E-state index contributed by atoms with van der Waals surface area (Å²) in [6.45, 7) is 8.08. The van der Waals surface area contributed by atoms with E-state index in [-0.39, 0.29) is 12.1 Å². The zero-order valence-corrected chi connectivity index (χ0v) is 10.2. The zero-order valence-electron chi connectivity index (χ0n) is 10.2. The van der Waals surface area contributed by atoms with E-state index in [0.717, 1.165) is 19.4 Å². The van der Waals surface area contributed by atoms with E-state index in [9.17, 15) is 5.11 Å². The van der Waals surface area contributed by atoms with Gasteiger partial charge < -0.3 is 15.9 Å². The fourth-order valence-electron chi connectivity index (χ4n) is 1.66. The lowest BCUT2D eigenvalue weighted by atomic mass is 9.95. The Hall–Kier alpha value is -0.160. The van der Waals surface area contributed by atoms with Gasteiger partial charge in [-0.15, -0.1) is 0 Å². The first-order chi connectivity index (χ1) is 7.03. The van der Waals surface area contributed by atoms with Gasteiger partial charge in [0.15, 0.2) is 0 Å². The van der Waals surface area contributed by atoms with Crippen LogP contribution in [0, 0.1) is 0 Å². The number of aliphatic hydroxyl groups is 2. The minimum atomic E-state index is -0.672. The molecular formula is C11H26N2O2. The van der Waals surface area contributed by atoms with Gasteiger partial charge in [0.2, 0.25) is 0 Å². The molecule has 0 saturated heterocycles. The molecule has 0 aromatic carbocycles. The summed E-state index contributed by atoms with van der Waals surface area (Å²) in [7, 11) is 0. The Kier molecular flexibility index (Phi) is 7.09. The van der Waals surface area contributed by atoms with Gasteiger partial charge >= 0.3 is 0 Å². The molecule has 0 aromatic rings. The highest BCUT2D eigenvalue weighted by atomic mass is 16.3. The first-order valence-electron chi connectivity index (χ1n) is 5.78. The van der Waals surface area contributed by atoms with Crippen LogP contribution in [-0.2, 0) is 0 Å². The summed E-state index contributed by atoms with van der Waals surface area (Å²) < 4.78 is 0. The van der Waals surface area contributed by atoms with Crippen molar-refractivity contribution in [3.05, 3.63) is 0 Å². The van der Waals surface area contributed by atoms with Crippen LogP contribution in [0.4, 0.5) is 0 Å². The van der Waals surface area contributed by atoms with Crippen LogP contribution in [0.3, 0.4) is 0 Å². The lowest BCUT2D eigenvalue weighted by Gasteiger charge is -2.41. The molecule has 0 heterocycles. The third-order valence-corrected chi connectivity index (χ3v) is 3.10. The van der Waals surface area contributed by atoms with Gasteiger partial charge in [-0.3, -0.25) is 4.90 Å². The SMILES string of the molecule is CCCN(CC(O)CO)C(C)(CC)CN. The second kappa shape index (κ2) is 7.17. The maximum absolute atomic E-state index is 9.48. The largest absolute Gasteiger partial charge is 0.394 e. The van der Waals surface area contributed by atoms with E-state index in [1.54, 1.807) is 0 Å². The van der Waals surface area contributed by atoms with Crippen LogP contribution in [0.15, 0.2) is 0 Å². The van der Waals surface area contributed by atoms with Crippen LogP contribution in [0.5, 0.6) is 0 Å². The van der Waals surface area contributed by atoms with Crippen LogP contribution >= 0.6 is 0 Å². The molecule has 2 atom stereocenters. The van der Waals surface area contributed by atoms with E-state index >= 15 is 0 Å². The van der Waals surface area contributed by atoms with Gasteiger partial charge in [0, 0.05) is 18.6 Å². The van der Waals surface area contributed by atoms with E-state index in [1.807, 2.05) is 0 Å². The molecule has 4 nitrogen and oxygen atoms in total. The van der Waals surface area contributed by atoms with Crippen molar-refractivity contribution < 1.29 is 10.2 Å². The molecule has 0 aliphatic carbocycles. The maximum atomic E-state index is 9.48. The van der Waals surface area contributed by atoms with Gasteiger partial charge in [0.1, 0.15) is 0 Å². The fourth-order valence-corrected chi connectivity index (χ4v) is 1.66. The van der Waals surface area contributed by atoms with Crippen molar-refractivity contribution >= 4 is 0 Å². The van der Waals surface area contributed by atoms with Crippen molar-refractivity contribution in [1.29, 1.82) is 0 Å². The van der Waals surface area contributed by atoms with Crippen molar-refractivity contribution in [3.63, 3.8) is 0 Å². The fraction of sp³-hybridized carbons (Fsp3) is 1.00. The van der Waals surface area contributed by atoms with Gasteiger partial charge in [0.05, 0.1) is 12.7 Å². The molecule has 0 saturated carbocycles. The Bertz CT molecular complexity index is 161. The minimum absolute atomic E-state index is 0.0772. The number of β-amino-alcohol motifs (C(OH)–C–C–N with tert-alkyl or cyclic N) is 1. The van der Waals surface area contributed by atoms with Crippen molar-refractivity contribution in [2.75, 3.05) is 26.2 Å². The van der Waals surface area contributed by atoms with Gasteiger partial charge in [-0.2, -0.15) is 0 Å². The van der Waals surface area contributed by atoms with Crippen molar-refractivity contribution in [2.45, 2.75) is 45.3 Å². The van der Waals surface area contributed by atoms with E-state index in [1.165, 1.54) is 0 Å². The molecule has 0 fully saturated rings. The number of hydrogen-bond donors (Lipinski definition) is 3. The molecule has 92 valence electrons. The lowest BCUT2D eigenvalue weighted by molar-refractivity contribution is 0.0167. The average Bonchev–Trinajstić information content (AvgIpc) is 2.27. The highest BCUT2D eigenvalue weighted by molar-refractivity contribution is 4.87. The smallest absolute Gasteiger partial charge is 0.0897 e. The third-order valence-electron chi connectivity index (χ3n) is 3.10. The van der Waals surface area contributed by atoms with Gasteiger partial charge in [-0.1, -0.05) is 13.8 Å². The predicted octanol–water partition coefficient (Wildman–Crippen LogP) is 0.179. The predicted molar refractivity (Wildman–Crippen MR) is 62.7 cm³/mol. The van der Waals surface area contributed by atoms with E-state index < -0.39 is 6.10 Å². The number of nitrogens with two attached hydrogens (primary N) is 1. The van der Waals surface area contributed by atoms with Crippen LogP contribution < -0.4 is 5.73 Å². The third kappa shape index (κ3) is 4.47. The van der Waals surface area contributed by atoms with Crippen LogP contribution in [-0.4, -0.2) is 53.0 Å². The normalized spacial score (nSPS) is 17.8. The summed E-state index contributed by atoms with van der Waals surface area (Å²) in [5, 5.41) is 18.3. The molecule has 0 bridgehead atoms. The van der Waals surface area contributed by atoms with Crippen molar-refractivity contribution in [3.8, 4) is 0 Å². The Morgan fingerprint density at radius 3 is 2.33 bits per heavy atom. The molecular weight excluding hydrogens is 192 g/mol. The first kappa shape index (κ1) is 14.8. The highest BCUT2D eigenvalue weighted by Gasteiger charge is 2.29. The lowest BCUT2D eigenvalue weighted by Crippen LogP contribution is -2.54. The van der Waals surface area contributed by atoms with E-state index in [0.29, 0.717) is 13.1 Å². The molecule has 0 aliphatic heterocycles. The Morgan fingerprint density at radius 2 is 2.00 bits per heavy atom. The topological polar surface area (TPSA) is 69.7 Å². The standard InChI is InChI=1S/C11H26N2O2/c1-4-6-13(7-10(15)8-14)11(3,5-2)9-12/h10,14-15H,4-9,12H2,1-3H3. The Labute approximate surface area is 93.1 Å². The Balaban J connectivity index is 4.47. The summed E-state index contributed by atoms with van der Waals surface area (Å²) in [4.78, 5) is 2.17. The molecule has 15 heavy (non-hydrogen) atoms. The van der Waals surface area contributed by atoms with Crippen LogP contribution in [0.1, 0.15) is 33.6 Å². The first-order valence-corrected chi connectivity index (χ1v) is 5.78. The molecule has 0 aromatic heterocycles. The molecule has 0 amide bonds. The zero-order chi connectivity index (χ0) is 11.9. The summed E-state index contributed by atoms with van der Waals surface area (Å²) >= 11 is 0. The second-order valence-electron chi connectivity index (χ2n) is 4.34. The van der Waals surface area contributed by atoms with Crippen LogP contribution in [0.2, 0.25) is 0 Å². The number of rotatable bonds is 8. The van der Waals surface area contributed by atoms with Crippen molar-refractivity contribution in [1.82, 2.24) is 4.90 Å². The molecule has 4 heteroatoms. The van der Waals surface area contributed by atoms with Gasteiger partial charge in [-0.05, 0) is 26.3 Å². The van der Waals surface area contributed by atoms with E-state index in [4.69, 9.17) is 10.8 Å². The summed E-state index contributed by atoms with van der Waals surface area (Å²) in [5.74, 6) is 0. The molecule has 0 aliphatic rings. The second-order valence-corrected chi connectivity index (χ2v) is 4.34. The minimum Gasteiger partial charge on any atom is -0.394 e. The monoisotopic (exact) mass is 218 g/mol. The molecule has 0 radical (unpaired) electrons. The van der Waals surface area contributed by atoms with Gasteiger partial charge in [0.25, 0.3) is 0 Å². The molecule has 2 unspecified atom stereocenters. The summed E-state index contributed by atoms with van der Waals surface area (Å²) in [6.07, 6.45) is 1.30. The van der Waals surface area contributed by atoms with Gasteiger partial charge in [-0.25, -0.2) is 0 Å². The summed E-state index contributed by atoms with van der Waals surface area (Å²) in [6, 6.07) is 0. The Morgan fingerprint density at radius 1 is 1.40 bits per heavy atom. The molecule has 4 N–H and O–H groups in total. The van der Waals surface area contributed by atoms with Crippen LogP contribution in [0.25, 0.3) is 0 Å². The average molecular weight is 218 g/mol. The quantitative estimate of drug-likeness (QED) is 0.543. The summed E-state index contributed by atoms with van der Waals surface area (Å²) in [5.41, 5.74) is 5.70. The number of aliphatic hydroxyl groups excluding tert-OH is 2. The molecule has 0 spiro atoms. The maximum Gasteiger partial charge on any atom is 0.0897 e. The number of nitrogens with zero attached hydrogens (tertiary/aromatic N) is 1. The van der Waals surface area contributed by atoms with E-state index in [2.05, 4.69) is 25.7 Å². The molecule has 0 rings (SSSR count). The number of hydrogen-bond acceptors (Lipinski definition) is 4. The highest BCUT2D eigenvalue weighted by Crippen LogP contribution is 2.18. The van der Waals surface area contributed by atoms with Crippen molar-refractivity contribution in [2.24, 2.45) is 5.73 Å².